The molecule has 0 aromatic heterocycles. The number of carbonyl (C=O) groups is 2. The molecule has 1 rings (SSSR count). The summed E-state index contributed by atoms with van der Waals surface area (Å²) >= 11 is 0. The Hall–Kier alpha value is -1.14. The number of methoxy groups -OCH3 is 1. The van der Waals surface area contributed by atoms with Crippen LogP contribution in [-0.2, 0) is 14.3 Å². The number of hydrogen-bond acceptors (Lipinski definition) is 4. The molecule has 116 valence electrons. The number of rotatable bonds is 6. The standard InChI is InChI=1S/C14H27N3O3/c1-16(2)12(18)11-17(9-10-20-3)13(19)14(15)7-5-4-6-8-14/h4-11,15H2,1-3H3. The van der Waals surface area contributed by atoms with Crippen molar-refractivity contribution in [1.29, 1.82) is 0 Å². The molecule has 20 heavy (non-hydrogen) atoms. The Balaban J connectivity index is 2.74. The summed E-state index contributed by atoms with van der Waals surface area (Å²) < 4.78 is 5.03. The number of hydrogen-bond donors (Lipinski definition) is 1. The molecule has 0 atom stereocenters. The third kappa shape index (κ3) is 4.45. The Bertz CT molecular complexity index is 339. The molecule has 2 amide bonds. The average Bonchev–Trinajstić information content (AvgIpc) is 2.43. The molecule has 6 heteroatoms. The second kappa shape index (κ2) is 7.59. The van der Waals surface area contributed by atoms with Crippen molar-refractivity contribution in [2.45, 2.75) is 37.6 Å². The first-order valence-electron chi connectivity index (χ1n) is 7.18. The zero-order valence-electron chi connectivity index (χ0n) is 12.9. The topological polar surface area (TPSA) is 75.9 Å². The van der Waals surface area contributed by atoms with E-state index in [2.05, 4.69) is 0 Å². The van der Waals surface area contributed by atoms with Gasteiger partial charge in [-0.1, -0.05) is 19.3 Å². The number of amides is 2. The minimum Gasteiger partial charge on any atom is -0.383 e. The third-order valence-electron chi connectivity index (χ3n) is 3.85. The smallest absolute Gasteiger partial charge is 0.243 e. The molecule has 0 unspecified atom stereocenters. The Morgan fingerprint density at radius 2 is 1.80 bits per heavy atom. The van der Waals surface area contributed by atoms with Crippen molar-refractivity contribution in [3.05, 3.63) is 0 Å². The Labute approximate surface area is 121 Å². The van der Waals surface area contributed by atoms with Gasteiger partial charge in [-0.2, -0.15) is 0 Å². The predicted octanol–water partition coefficient (Wildman–Crippen LogP) is 0.211. The predicted molar refractivity (Wildman–Crippen MR) is 77.2 cm³/mol. The summed E-state index contributed by atoms with van der Waals surface area (Å²) in [4.78, 5) is 27.5. The monoisotopic (exact) mass is 285 g/mol. The van der Waals surface area contributed by atoms with E-state index in [9.17, 15) is 9.59 Å². The fourth-order valence-corrected chi connectivity index (χ4v) is 2.47. The minimum atomic E-state index is -0.807. The fraction of sp³-hybridized carbons (Fsp3) is 0.857. The van der Waals surface area contributed by atoms with Crippen LogP contribution >= 0.6 is 0 Å². The molecule has 1 fully saturated rings. The number of ether oxygens (including phenoxy) is 1. The molecule has 0 saturated heterocycles. The highest BCUT2D eigenvalue weighted by atomic mass is 16.5. The van der Waals surface area contributed by atoms with E-state index < -0.39 is 5.54 Å². The quantitative estimate of drug-likeness (QED) is 0.757. The van der Waals surface area contributed by atoms with E-state index in [1.165, 1.54) is 9.80 Å². The van der Waals surface area contributed by atoms with Crippen LogP contribution in [0.15, 0.2) is 0 Å². The summed E-state index contributed by atoms with van der Waals surface area (Å²) in [5.41, 5.74) is 5.46. The van der Waals surface area contributed by atoms with E-state index in [1.54, 1.807) is 21.2 Å². The Kier molecular flexibility index (Phi) is 6.42. The van der Waals surface area contributed by atoms with Crippen LogP contribution in [-0.4, -0.2) is 68.1 Å². The van der Waals surface area contributed by atoms with Crippen molar-refractivity contribution in [3.63, 3.8) is 0 Å². The van der Waals surface area contributed by atoms with Crippen LogP contribution in [0.3, 0.4) is 0 Å². The van der Waals surface area contributed by atoms with Crippen molar-refractivity contribution in [2.75, 3.05) is 40.9 Å². The molecule has 0 spiro atoms. The summed E-state index contributed by atoms with van der Waals surface area (Å²) in [6.07, 6.45) is 4.47. The van der Waals surface area contributed by atoms with Crippen molar-refractivity contribution in [3.8, 4) is 0 Å². The SMILES string of the molecule is COCCN(CC(=O)N(C)C)C(=O)C1(N)CCCCC1. The highest BCUT2D eigenvalue weighted by Crippen LogP contribution is 2.27. The van der Waals surface area contributed by atoms with E-state index in [0.29, 0.717) is 26.0 Å². The molecule has 0 aromatic rings. The minimum absolute atomic E-state index is 0.0636. The third-order valence-corrected chi connectivity index (χ3v) is 3.85. The molecule has 0 aliphatic heterocycles. The summed E-state index contributed by atoms with van der Waals surface area (Å²) in [7, 11) is 4.94. The summed E-state index contributed by atoms with van der Waals surface area (Å²) in [5, 5.41) is 0. The first-order valence-corrected chi connectivity index (χ1v) is 7.18. The van der Waals surface area contributed by atoms with Gasteiger partial charge in [0, 0.05) is 27.7 Å². The van der Waals surface area contributed by atoms with E-state index in [4.69, 9.17) is 10.5 Å². The number of nitrogens with two attached hydrogens (primary N) is 1. The van der Waals surface area contributed by atoms with Gasteiger partial charge in [0.15, 0.2) is 0 Å². The molecule has 1 saturated carbocycles. The normalized spacial score (nSPS) is 17.6. The molecule has 1 aliphatic carbocycles. The van der Waals surface area contributed by atoms with Crippen LogP contribution < -0.4 is 5.73 Å². The van der Waals surface area contributed by atoms with Crippen molar-refractivity contribution < 1.29 is 14.3 Å². The van der Waals surface area contributed by atoms with Gasteiger partial charge in [-0.05, 0) is 12.8 Å². The highest BCUT2D eigenvalue weighted by molar-refractivity contribution is 5.90. The largest absolute Gasteiger partial charge is 0.383 e. The molecular formula is C14H27N3O3. The lowest BCUT2D eigenvalue weighted by atomic mass is 9.81. The van der Waals surface area contributed by atoms with Gasteiger partial charge in [0.2, 0.25) is 11.8 Å². The number of nitrogens with zero attached hydrogens (tertiary/aromatic N) is 2. The van der Waals surface area contributed by atoms with Crippen molar-refractivity contribution in [2.24, 2.45) is 5.73 Å². The van der Waals surface area contributed by atoms with E-state index in [1.807, 2.05) is 0 Å². The first-order chi connectivity index (χ1) is 9.40. The maximum Gasteiger partial charge on any atom is 0.243 e. The molecule has 0 bridgehead atoms. The lowest BCUT2D eigenvalue weighted by Gasteiger charge is -2.36. The van der Waals surface area contributed by atoms with Crippen LogP contribution in [0.4, 0.5) is 0 Å². The Morgan fingerprint density at radius 3 is 2.30 bits per heavy atom. The van der Waals surface area contributed by atoms with Crippen LogP contribution in [0.5, 0.6) is 0 Å². The van der Waals surface area contributed by atoms with Gasteiger partial charge >= 0.3 is 0 Å². The van der Waals surface area contributed by atoms with Gasteiger partial charge in [0.05, 0.1) is 18.7 Å². The molecule has 0 radical (unpaired) electrons. The second-order valence-corrected chi connectivity index (χ2v) is 5.72. The van der Waals surface area contributed by atoms with E-state index >= 15 is 0 Å². The molecule has 2 N–H and O–H groups in total. The zero-order chi connectivity index (χ0) is 15.2. The Morgan fingerprint density at radius 1 is 1.20 bits per heavy atom. The second-order valence-electron chi connectivity index (χ2n) is 5.72. The van der Waals surface area contributed by atoms with Crippen LogP contribution in [0.2, 0.25) is 0 Å². The zero-order valence-corrected chi connectivity index (χ0v) is 12.9. The molecular weight excluding hydrogens is 258 g/mol. The number of likely N-dealkylation sites (N-methyl/N-ethyl adjacent to an activating group) is 1. The van der Waals surface area contributed by atoms with Gasteiger partial charge in [0.1, 0.15) is 0 Å². The van der Waals surface area contributed by atoms with Gasteiger partial charge in [-0.15, -0.1) is 0 Å². The van der Waals surface area contributed by atoms with Crippen LogP contribution in [0, 0.1) is 0 Å². The molecule has 6 nitrogen and oxygen atoms in total. The van der Waals surface area contributed by atoms with Crippen molar-refractivity contribution in [1.82, 2.24) is 9.80 Å². The van der Waals surface area contributed by atoms with Crippen LogP contribution in [0.25, 0.3) is 0 Å². The molecule has 1 aliphatic rings. The van der Waals surface area contributed by atoms with Gasteiger partial charge in [-0.3, -0.25) is 9.59 Å². The van der Waals surface area contributed by atoms with E-state index in [-0.39, 0.29) is 18.4 Å². The van der Waals surface area contributed by atoms with Gasteiger partial charge in [0.25, 0.3) is 0 Å². The van der Waals surface area contributed by atoms with Gasteiger partial charge in [-0.25, -0.2) is 0 Å². The highest BCUT2D eigenvalue weighted by Gasteiger charge is 2.38. The number of carbonyl (C=O) groups excluding carboxylic acids is 2. The lowest BCUT2D eigenvalue weighted by molar-refractivity contribution is -0.144. The molecule has 0 heterocycles. The lowest BCUT2D eigenvalue weighted by Crippen LogP contribution is -2.58. The molecule has 0 aromatic carbocycles. The van der Waals surface area contributed by atoms with Crippen molar-refractivity contribution >= 4 is 11.8 Å². The summed E-state index contributed by atoms with van der Waals surface area (Å²) in [6.45, 7) is 0.866. The van der Waals surface area contributed by atoms with Crippen LogP contribution in [0.1, 0.15) is 32.1 Å². The maximum atomic E-state index is 12.7. The fourth-order valence-electron chi connectivity index (χ4n) is 2.47. The average molecular weight is 285 g/mol. The summed E-state index contributed by atoms with van der Waals surface area (Å²) in [5.74, 6) is -0.224. The first kappa shape index (κ1) is 16.9. The maximum absolute atomic E-state index is 12.7. The summed E-state index contributed by atoms with van der Waals surface area (Å²) in [6, 6.07) is 0. The van der Waals surface area contributed by atoms with E-state index in [0.717, 1.165) is 19.3 Å². The van der Waals surface area contributed by atoms with Gasteiger partial charge < -0.3 is 20.3 Å².